The number of para-hydroxylation sites is 1. The van der Waals surface area contributed by atoms with Gasteiger partial charge in [0.15, 0.2) is 0 Å². The number of rotatable bonds is 21. The smallest absolute Gasteiger partial charge is 0.141 e. The van der Waals surface area contributed by atoms with Crippen LogP contribution in [0.3, 0.4) is 0 Å². The van der Waals surface area contributed by atoms with E-state index in [9.17, 15) is 0 Å². The van der Waals surface area contributed by atoms with E-state index in [2.05, 4.69) is 303 Å². The molecular weight excluding hydrogens is 1020 g/mol. The van der Waals surface area contributed by atoms with Crippen LogP contribution >= 0.6 is 0 Å². The van der Waals surface area contributed by atoms with Gasteiger partial charge in [0.25, 0.3) is 0 Å². The fourth-order valence-corrected chi connectivity index (χ4v) is 11.0. The molecule has 0 saturated carbocycles. The van der Waals surface area contributed by atoms with E-state index in [4.69, 9.17) is 11.3 Å². The normalized spacial score (nSPS) is 12.8. The molecule has 0 amide bonds. The van der Waals surface area contributed by atoms with Gasteiger partial charge in [-0.05, 0) is 161 Å². The highest BCUT2D eigenvalue weighted by atomic mass is 16.5. The van der Waals surface area contributed by atoms with Crippen LogP contribution in [0.1, 0.15) is 75.5 Å². The summed E-state index contributed by atoms with van der Waals surface area (Å²) in [7, 11) is 0. The lowest BCUT2D eigenvalue weighted by atomic mass is 9.92. The highest BCUT2D eigenvalue weighted by molar-refractivity contribution is 5.87. The van der Waals surface area contributed by atoms with Gasteiger partial charge >= 0.3 is 0 Å². The van der Waals surface area contributed by atoms with Crippen LogP contribution < -0.4 is 9.64 Å². The van der Waals surface area contributed by atoms with E-state index in [1.165, 1.54) is 50.2 Å². The van der Waals surface area contributed by atoms with E-state index in [0.717, 1.165) is 99.1 Å². The zero-order valence-corrected chi connectivity index (χ0v) is 48.7. The molecule has 9 aromatic rings. The Morgan fingerprint density at radius 1 is 0.548 bits per heavy atom. The van der Waals surface area contributed by atoms with E-state index >= 15 is 0 Å². The first-order valence-corrected chi connectivity index (χ1v) is 29.3. The molecule has 8 aromatic carbocycles. The van der Waals surface area contributed by atoms with Crippen LogP contribution in [0.4, 0.5) is 5.69 Å². The van der Waals surface area contributed by atoms with Gasteiger partial charge in [-0.3, -0.25) is 0 Å². The van der Waals surface area contributed by atoms with Crippen molar-refractivity contribution in [2.75, 3.05) is 4.90 Å². The molecule has 84 heavy (non-hydrogen) atoms. The van der Waals surface area contributed by atoms with Crippen LogP contribution in [0.25, 0.3) is 84.4 Å². The Morgan fingerprint density at radius 2 is 1.14 bits per heavy atom. The molecule has 0 fully saturated rings. The van der Waals surface area contributed by atoms with Crippen molar-refractivity contribution in [3.63, 3.8) is 0 Å². The minimum atomic E-state index is 0.173. The maximum Gasteiger partial charge on any atom is 0.141 e. The van der Waals surface area contributed by atoms with E-state index in [0.29, 0.717) is 0 Å². The number of anilines is 1. The van der Waals surface area contributed by atoms with E-state index in [1.807, 2.05) is 26.0 Å². The Morgan fingerprint density at radius 3 is 1.75 bits per heavy atom. The number of ether oxygens (including phenoxy) is 1. The maximum atomic E-state index is 6.16. The Hall–Kier alpha value is -9.96. The van der Waals surface area contributed by atoms with Gasteiger partial charge in [-0.1, -0.05) is 255 Å². The molecule has 10 rings (SSSR count). The SMILES string of the molecule is C=CC(C/C=C/N(C1=CC=C(C(=C)CCC(=C)n2cccc(/C=C/C)ccc3cc(-c4ccc(-c5cccc(/C=C/C)c5O/C=C/C)cc4)ccc32)CC1)c1ccc(-c2ccc(-c3ccccc3)cc2)cc1)c1ccc(-c2ccccc2)cc1. The average molecular weight is 1090 g/mol. The monoisotopic (exact) mass is 1090 g/mol. The maximum absolute atomic E-state index is 6.16. The number of allylic oxidation sites excluding steroid dienone is 11. The molecule has 0 N–H and O–H groups in total. The van der Waals surface area contributed by atoms with Gasteiger partial charge in [-0.25, -0.2) is 0 Å². The summed E-state index contributed by atoms with van der Waals surface area (Å²) in [6.07, 6.45) is 29.5. The van der Waals surface area contributed by atoms with Crippen molar-refractivity contribution < 1.29 is 4.74 Å². The highest BCUT2D eigenvalue weighted by Crippen LogP contribution is 2.38. The fraction of sp³-hybridized carbons (Fsp3) is 0.111. The van der Waals surface area contributed by atoms with Gasteiger partial charge in [0.2, 0.25) is 0 Å². The van der Waals surface area contributed by atoms with Gasteiger partial charge in [-0.15, -0.1) is 6.58 Å². The zero-order valence-electron chi connectivity index (χ0n) is 48.7. The van der Waals surface area contributed by atoms with Crippen LogP contribution in [-0.2, 0) is 0 Å². The second kappa shape index (κ2) is 28.2. The van der Waals surface area contributed by atoms with Crippen LogP contribution in [0, 0.1) is 0 Å². The molecule has 3 nitrogen and oxygen atoms in total. The molecule has 1 aliphatic carbocycles. The van der Waals surface area contributed by atoms with Crippen LogP contribution in [0.2, 0.25) is 0 Å². The first-order valence-electron chi connectivity index (χ1n) is 29.3. The second-order valence-electron chi connectivity index (χ2n) is 21.2. The minimum absolute atomic E-state index is 0.173. The number of fused-ring (bicyclic) bond motifs is 1. The molecule has 0 radical (unpaired) electrons. The average Bonchev–Trinajstić information content (AvgIpc) is 3.54. The third-order valence-electron chi connectivity index (χ3n) is 15.7. The predicted octanol–water partition coefficient (Wildman–Crippen LogP) is 22.9. The third kappa shape index (κ3) is 14.0. The highest BCUT2D eigenvalue weighted by Gasteiger charge is 2.18. The largest absolute Gasteiger partial charge is 0.464 e. The van der Waals surface area contributed by atoms with Crippen molar-refractivity contribution in [3.8, 4) is 61.4 Å². The van der Waals surface area contributed by atoms with Crippen molar-refractivity contribution in [3.05, 3.63) is 333 Å². The first kappa shape index (κ1) is 57.3. The van der Waals surface area contributed by atoms with E-state index < -0.39 is 0 Å². The van der Waals surface area contributed by atoms with E-state index in [-0.39, 0.29) is 5.92 Å². The molecular formula is C81H74N2O. The Kier molecular flexibility index (Phi) is 19.2. The number of benzene rings is 8. The van der Waals surface area contributed by atoms with Crippen LogP contribution in [0.15, 0.2) is 316 Å². The van der Waals surface area contributed by atoms with Crippen molar-refractivity contribution >= 4 is 34.4 Å². The van der Waals surface area contributed by atoms with Crippen molar-refractivity contribution in [2.24, 2.45) is 0 Å². The molecule has 1 heterocycles. The molecule has 1 aliphatic rings. The molecule has 3 heteroatoms. The van der Waals surface area contributed by atoms with Gasteiger partial charge in [0.05, 0.1) is 11.8 Å². The van der Waals surface area contributed by atoms with Gasteiger partial charge < -0.3 is 14.2 Å². The number of nitrogens with zero attached hydrogens (tertiary/aromatic N) is 2. The summed E-state index contributed by atoms with van der Waals surface area (Å²) in [4.78, 5) is 2.36. The molecule has 0 spiro atoms. The predicted molar refractivity (Wildman–Crippen MR) is 363 cm³/mol. The first-order chi connectivity index (χ1) is 41.3. The zero-order chi connectivity index (χ0) is 58.0. The molecule has 414 valence electrons. The quantitative estimate of drug-likeness (QED) is 0.0527. The standard InChI is InChI=1S/C81H74N2O/c1-7-20-62-22-18-56-82(80-55-50-75(59-76(80)33-32-62)72-42-44-73(45-43-72)79-29-17-27-74(21-8-2)81(79)84-58-9-3)61(6)31-30-60(5)64-46-51-77(52-47-64)83(57-19-28-63(10-4)67-34-36-68(37-35-67)65-23-13-11-14-24-65)78-53-48-71(49-54-78)70-40-38-69(39-41-70)66-25-15-12-16-26-66/h7-27,29,32-46,48-51,53-59,63H,4-6,28,30-31,47,52H2,1-3H3/b20-7+,21-8+,33-32?,56-18?,57-19+,58-9+,62-22?. The summed E-state index contributed by atoms with van der Waals surface area (Å²) >= 11 is 0. The minimum Gasteiger partial charge on any atom is -0.464 e. The molecule has 0 bridgehead atoms. The van der Waals surface area contributed by atoms with Gasteiger partial charge in [0, 0.05) is 46.5 Å². The summed E-state index contributed by atoms with van der Waals surface area (Å²) in [6.45, 7) is 19.7. The summed E-state index contributed by atoms with van der Waals surface area (Å²) in [5.41, 5.74) is 21.9. The van der Waals surface area contributed by atoms with Gasteiger partial charge in [0.1, 0.15) is 5.75 Å². The topological polar surface area (TPSA) is 17.4 Å². The third-order valence-corrected chi connectivity index (χ3v) is 15.7. The van der Waals surface area contributed by atoms with Crippen LogP contribution in [0.5, 0.6) is 5.75 Å². The van der Waals surface area contributed by atoms with Crippen LogP contribution in [-0.4, -0.2) is 4.57 Å². The number of hydrogen-bond donors (Lipinski definition) is 0. The molecule has 0 saturated heterocycles. The second-order valence-corrected chi connectivity index (χ2v) is 21.2. The molecule has 1 unspecified atom stereocenters. The molecule has 1 atom stereocenters. The molecule has 1 aromatic heterocycles. The van der Waals surface area contributed by atoms with Crippen molar-refractivity contribution in [1.82, 2.24) is 4.57 Å². The number of hydrogen-bond acceptors (Lipinski definition) is 2. The van der Waals surface area contributed by atoms with Crippen molar-refractivity contribution in [2.45, 2.75) is 58.8 Å². The summed E-state index contributed by atoms with van der Waals surface area (Å²) in [5, 5.41) is 1.11. The van der Waals surface area contributed by atoms with Gasteiger partial charge in [-0.2, -0.15) is 0 Å². The Labute approximate surface area is 498 Å². The summed E-state index contributed by atoms with van der Waals surface area (Å²) in [5.74, 6) is 1.02. The molecule has 0 aliphatic heterocycles. The lowest BCUT2D eigenvalue weighted by Crippen LogP contribution is -2.17. The van der Waals surface area contributed by atoms with E-state index in [1.54, 1.807) is 6.26 Å². The Bertz CT molecular complexity index is 3990. The lowest BCUT2D eigenvalue weighted by Gasteiger charge is -2.27. The number of aromatic nitrogens is 1. The lowest BCUT2D eigenvalue weighted by molar-refractivity contribution is 0.481. The summed E-state index contributed by atoms with van der Waals surface area (Å²) in [6, 6.07) is 78.4. The Balaban J connectivity index is 0.878. The fourth-order valence-electron chi connectivity index (χ4n) is 11.0. The summed E-state index contributed by atoms with van der Waals surface area (Å²) < 4.78 is 8.40. The van der Waals surface area contributed by atoms with Crippen molar-refractivity contribution in [1.29, 1.82) is 0 Å².